The van der Waals surface area contributed by atoms with Crippen LogP contribution >= 0.6 is 0 Å². The quantitative estimate of drug-likeness (QED) is 0.779. The minimum absolute atomic E-state index is 0.0492. The van der Waals surface area contributed by atoms with Crippen molar-refractivity contribution >= 4 is 5.97 Å². The van der Waals surface area contributed by atoms with Gasteiger partial charge in [0.25, 0.3) is 0 Å². The van der Waals surface area contributed by atoms with E-state index in [1.807, 2.05) is 0 Å². The molecule has 2 aliphatic rings. The Balaban J connectivity index is 1.96. The summed E-state index contributed by atoms with van der Waals surface area (Å²) in [6, 6.07) is 0. The van der Waals surface area contributed by atoms with Gasteiger partial charge >= 0.3 is 5.97 Å². The Morgan fingerprint density at radius 2 is 2.11 bits per heavy atom. The number of ether oxygens (including phenoxy) is 1. The molecular formula is C16H29NO2. The Kier molecular flexibility index (Phi) is 3.97. The van der Waals surface area contributed by atoms with Crippen LogP contribution in [0.2, 0.25) is 0 Å². The lowest BCUT2D eigenvalue weighted by Gasteiger charge is -2.38. The van der Waals surface area contributed by atoms with Gasteiger partial charge in [-0.1, -0.05) is 34.1 Å². The fourth-order valence-electron chi connectivity index (χ4n) is 4.15. The molecule has 2 bridgehead atoms. The Morgan fingerprint density at radius 3 is 2.53 bits per heavy atom. The number of esters is 1. The normalized spacial score (nSPS) is 37.3. The summed E-state index contributed by atoms with van der Waals surface area (Å²) in [5.41, 5.74) is 6.13. The first-order valence-corrected chi connectivity index (χ1v) is 7.74. The molecule has 3 heteroatoms. The van der Waals surface area contributed by atoms with Gasteiger partial charge in [0.05, 0.1) is 0 Å². The number of rotatable bonds is 5. The van der Waals surface area contributed by atoms with E-state index < -0.39 is 0 Å². The van der Waals surface area contributed by atoms with Crippen molar-refractivity contribution in [2.75, 3.05) is 6.54 Å². The minimum atomic E-state index is -0.0492. The highest BCUT2D eigenvalue weighted by Gasteiger charge is 2.62. The average Bonchev–Trinajstić information content (AvgIpc) is 2.69. The predicted octanol–water partition coefficient (Wildman–Crippen LogP) is 3.12. The van der Waals surface area contributed by atoms with Crippen LogP contribution in [0.15, 0.2) is 0 Å². The smallest absolute Gasteiger partial charge is 0.306 e. The van der Waals surface area contributed by atoms with Crippen molar-refractivity contribution in [2.24, 2.45) is 28.4 Å². The molecule has 0 aliphatic heterocycles. The zero-order valence-corrected chi connectivity index (χ0v) is 12.9. The second-order valence-electron chi connectivity index (χ2n) is 7.30. The molecule has 3 nitrogen and oxygen atoms in total. The summed E-state index contributed by atoms with van der Waals surface area (Å²) in [5, 5.41) is 0. The lowest BCUT2D eigenvalue weighted by Crippen LogP contribution is -2.38. The number of fused-ring (bicyclic) bond motifs is 2. The molecule has 2 N–H and O–H groups in total. The van der Waals surface area contributed by atoms with E-state index in [0.717, 1.165) is 12.8 Å². The summed E-state index contributed by atoms with van der Waals surface area (Å²) in [5.74, 6) is 0.936. The molecule has 2 fully saturated rings. The molecule has 2 saturated carbocycles. The molecule has 0 aromatic rings. The average molecular weight is 267 g/mol. The molecule has 0 saturated heterocycles. The lowest BCUT2D eigenvalue weighted by atomic mass is 9.70. The molecule has 0 amide bonds. The monoisotopic (exact) mass is 267 g/mol. The molecule has 4 atom stereocenters. The van der Waals surface area contributed by atoms with Crippen molar-refractivity contribution in [3.63, 3.8) is 0 Å². The first-order valence-electron chi connectivity index (χ1n) is 7.74. The van der Waals surface area contributed by atoms with Crippen molar-refractivity contribution in [1.82, 2.24) is 0 Å². The Hall–Kier alpha value is -0.570. The standard InChI is InChI=1S/C16H29NO2/c1-5-11(10-17)8-14(18)19-13-9-12-6-7-16(13,4)15(12,2)3/h11-13H,5-10,17H2,1-4H3. The van der Waals surface area contributed by atoms with E-state index in [9.17, 15) is 4.79 Å². The number of carbonyl (C=O) groups is 1. The molecule has 2 rings (SSSR count). The van der Waals surface area contributed by atoms with Crippen LogP contribution in [-0.4, -0.2) is 18.6 Å². The van der Waals surface area contributed by atoms with Gasteiger partial charge in [0.2, 0.25) is 0 Å². The van der Waals surface area contributed by atoms with Gasteiger partial charge in [-0.2, -0.15) is 0 Å². The van der Waals surface area contributed by atoms with E-state index in [0.29, 0.717) is 24.3 Å². The zero-order valence-electron chi connectivity index (χ0n) is 12.9. The zero-order chi connectivity index (χ0) is 14.3. The fourth-order valence-corrected chi connectivity index (χ4v) is 4.15. The van der Waals surface area contributed by atoms with Crippen LogP contribution in [0.1, 0.15) is 59.8 Å². The van der Waals surface area contributed by atoms with Crippen LogP contribution in [0.5, 0.6) is 0 Å². The second kappa shape index (κ2) is 5.08. The maximum Gasteiger partial charge on any atom is 0.306 e. The maximum atomic E-state index is 12.1. The summed E-state index contributed by atoms with van der Waals surface area (Å²) in [4.78, 5) is 12.1. The van der Waals surface area contributed by atoms with Gasteiger partial charge in [0.1, 0.15) is 6.10 Å². The number of nitrogens with two attached hydrogens (primary N) is 1. The van der Waals surface area contributed by atoms with Gasteiger partial charge in [-0.3, -0.25) is 4.79 Å². The topological polar surface area (TPSA) is 52.3 Å². The van der Waals surface area contributed by atoms with Crippen molar-refractivity contribution in [1.29, 1.82) is 0 Å². The second-order valence-corrected chi connectivity index (χ2v) is 7.30. The van der Waals surface area contributed by atoms with Gasteiger partial charge in [0, 0.05) is 11.8 Å². The Bertz CT molecular complexity index is 349. The van der Waals surface area contributed by atoms with E-state index >= 15 is 0 Å². The van der Waals surface area contributed by atoms with Gasteiger partial charge < -0.3 is 10.5 Å². The summed E-state index contributed by atoms with van der Waals surface area (Å²) in [6.07, 6.45) is 5.07. The Morgan fingerprint density at radius 1 is 1.42 bits per heavy atom. The van der Waals surface area contributed by atoms with E-state index in [2.05, 4.69) is 27.7 Å². The molecule has 110 valence electrons. The summed E-state index contributed by atoms with van der Waals surface area (Å²) in [7, 11) is 0. The highest BCUT2D eigenvalue weighted by molar-refractivity contribution is 5.70. The van der Waals surface area contributed by atoms with E-state index in [1.165, 1.54) is 12.8 Å². The molecule has 2 aliphatic carbocycles. The maximum absolute atomic E-state index is 12.1. The highest BCUT2D eigenvalue weighted by Crippen LogP contribution is 2.66. The molecule has 0 radical (unpaired) electrons. The molecule has 0 spiro atoms. The van der Waals surface area contributed by atoms with E-state index in [4.69, 9.17) is 10.5 Å². The van der Waals surface area contributed by atoms with Gasteiger partial charge in [-0.15, -0.1) is 0 Å². The van der Waals surface area contributed by atoms with Crippen LogP contribution in [0.25, 0.3) is 0 Å². The van der Waals surface area contributed by atoms with Crippen LogP contribution in [0.4, 0.5) is 0 Å². The Labute approximate surface area is 117 Å². The van der Waals surface area contributed by atoms with Crippen LogP contribution < -0.4 is 5.73 Å². The van der Waals surface area contributed by atoms with Crippen LogP contribution in [0.3, 0.4) is 0 Å². The first-order chi connectivity index (χ1) is 8.85. The molecular weight excluding hydrogens is 238 g/mol. The predicted molar refractivity (Wildman–Crippen MR) is 76.6 cm³/mol. The third kappa shape index (κ3) is 2.31. The van der Waals surface area contributed by atoms with Crippen molar-refractivity contribution in [3.05, 3.63) is 0 Å². The molecule has 4 unspecified atom stereocenters. The lowest BCUT2D eigenvalue weighted by molar-refractivity contribution is -0.158. The van der Waals surface area contributed by atoms with Crippen LogP contribution in [-0.2, 0) is 9.53 Å². The summed E-state index contributed by atoms with van der Waals surface area (Å²) >= 11 is 0. The van der Waals surface area contributed by atoms with Gasteiger partial charge in [-0.05, 0) is 43.1 Å². The van der Waals surface area contributed by atoms with Crippen molar-refractivity contribution in [3.8, 4) is 0 Å². The van der Waals surface area contributed by atoms with E-state index in [1.54, 1.807) is 0 Å². The minimum Gasteiger partial charge on any atom is -0.462 e. The molecule has 0 aromatic carbocycles. The fraction of sp³-hybridized carbons (Fsp3) is 0.938. The highest BCUT2D eigenvalue weighted by atomic mass is 16.5. The SMILES string of the molecule is CCC(CN)CC(=O)OC1CC2CCC1(C)C2(C)C. The number of hydrogen-bond acceptors (Lipinski definition) is 3. The first kappa shape index (κ1) is 14.8. The van der Waals surface area contributed by atoms with E-state index in [-0.39, 0.29) is 23.4 Å². The van der Waals surface area contributed by atoms with Crippen molar-refractivity contribution in [2.45, 2.75) is 65.9 Å². The molecule has 19 heavy (non-hydrogen) atoms. The number of hydrogen-bond donors (Lipinski definition) is 1. The number of carbonyl (C=O) groups excluding carboxylic acids is 1. The van der Waals surface area contributed by atoms with Gasteiger partial charge in [-0.25, -0.2) is 0 Å². The molecule has 0 heterocycles. The third-order valence-corrected chi connectivity index (χ3v) is 6.35. The largest absolute Gasteiger partial charge is 0.462 e. The van der Waals surface area contributed by atoms with Crippen LogP contribution in [0, 0.1) is 22.7 Å². The summed E-state index contributed by atoms with van der Waals surface area (Å²) in [6.45, 7) is 9.63. The third-order valence-electron chi connectivity index (χ3n) is 6.35. The molecule has 0 aromatic heterocycles. The summed E-state index contributed by atoms with van der Waals surface area (Å²) < 4.78 is 5.82. The van der Waals surface area contributed by atoms with Crippen molar-refractivity contribution < 1.29 is 9.53 Å². The van der Waals surface area contributed by atoms with Gasteiger partial charge in [0.15, 0.2) is 0 Å².